The smallest absolute Gasteiger partial charge is 0.0899 e. The van der Waals surface area contributed by atoms with E-state index in [2.05, 4.69) is 45.0 Å². The quantitative estimate of drug-likeness (QED) is 0.576. The molecule has 0 bridgehead atoms. The largest absolute Gasteiger partial charge is 0.389 e. The van der Waals surface area contributed by atoms with E-state index in [9.17, 15) is 5.11 Å². The third kappa shape index (κ3) is 9.70. The Bertz CT molecular complexity index is 237. The molecule has 0 aromatic heterocycles. The van der Waals surface area contributed by atoms with E-state index in [4.69, 9.17) is 4.74 Å². The van der Waals surface area contributed by atoms with Crippen molar-refractivity contribution in [2.45, 2.75) is 46.6 Å². The van der Waals surface area contributed by atoms with Gasteiger partial charge < -0.3 is 20.1 Å². The summed E-state index contributed by atoms with van der Waals surface area (Å²) >= 11 is 0. The molecule has 2 unspecified atom stereocenters. The van der Waals surface area contributed by atoms with Crippen LogP contribution in [0.5, 0.6) is 0 Å². The number of aliphatic hydroxyl groups excluding tert-OH is 1. The average molecular weight is 288 g/mol. The van der Waals surface area contributed by atoms with Gasteiger partial charge in [0.15, 0.2) is 0 Å². The first-order valence-corrected chi connectivity index (χ1v) is 7.89. The van der Waals surface area contributed by atoms with E-state index in [1.807, 2.05) is 0 Å². The number of ether oxygens (including phenoxy) is 1. The monoisotopic (exact) mass is 288 g/mol. The van der Waals surface area contributed by atoms with Crippen LogP contribution in [0.3, 0.4) is 0 Å². The molecule has 0 rings (SSSR count). The van der Waals surface area contributed by atoms with Crippen molar-refractivity contribution < 1.29 is 9.84 Å². The molecular formula is C16H36N2O2. The summed E-state index contributed by atoms with van der Waals surface area (Å²) in [5, 5.41) is 13.4. The van der Waals surface area contributed by atoms with E-state index in [1.54, 1.807) is 7.11 Å². The van der Waals surface area contributed by atoms with Crippen LogP contribution >= 0.6 is 0 Å². The van der Waals surface area contributed by atoms with Gasteiger partial charge in [-0.2, -0.15) is 0 Å². The summed E-state index contributed by atoms with van der Waals surface area (Å²) in [5.41, 5.74) is 0.255. The molecule has 0 radical (unpaired) electrons. The number of likely N-dealkylation sites (N-methyl/N-ethyl adjacent to an activating group) is 1. The number of aliphatic hydroxyl groups is 1. The van der Waals surface area contributed by atoms with Crippen molar-refractivity contribution in [3.05, 3.63) is 0 Å². The maximum absolute atomic E-state index is 9.81. The van der Waals surface area contributed by atoms with Crippen LogP contribution in [0.15, 0.2) is 0 Å². The highest BCUT2D eigenvalue weighted by atomic mass is 16.5. The molecule has 0 spiro atoms. The van der Waals surface area contributed by atoms with Gasteiger partial charge in [-0.1, -0.05) is 34.1 Å². The highest BCUT2D eigenvalue weighted by molar-refractivity contribution is 4.80. The fourth-order valence-electron chi connectivity index (χ4n) is 2.81. The zero-order chi connectivity index (χ0) is 15.6. The van der Waals surface area contributed by atoms with Crippen LogP contribution in [0, 0.1) is 11.3 Å². The van der Waals surface area contributed by atoms with Crippen LogP contribution in [0.2, 0.25) is 0 Å². The Morgan fingerprint density at radius 3 is 2.50 bits per heavy atom. The van der Waals surface area contributed by atoms with Crippen molar-refractivity contribution in [1.29, 1.82) is 0 Å². The zero-order valence-electron chi connectivity index (χ0n) is 14.4. The second-order valence-corrected chi connectivity index (χ2v) is 6.89. The number of nitrogens with one attached hydrogen (secondary N) is 1. The maximum Gasteiger partial charge on any atom is 0.0899 e. The summed E-state index contributed by atoms with van der Waals surface area (Å²) in [6.45, 7) is 13.2. The summed E-state index contributed by atoms with van der Waals surface area (Å²) in [4.78, 5) is 2.22. The molecule has 0 aliphatic carbocycles. The highest BCUT2D eigenvalue weighted by Gasteiger charge is 2.25. The van der Waals surface area contributed by atoms with E-state index >= 15 is 0 Å². The molecule has 2 atom stereocenters. The third-order valence-corrected chi connectivity index (χ3v) is 3.49. The predicted octanol–water partition coefficient (Wildman–Crippen LogP) is 1.98. The number of hydrogen-bond donors (Lipinski definition) is 2. The van der Waals surface area contributed by atoms with Gasteiger partial charge in [0.2, 0.25) is 0 Å². The minimum atomic E-state index is -0.403. The lowest BCUT2D eigenvalue weighted by molar-refractivity contribution is 0.0337. The van der Waals surface area contributed by atoms with Crippen LogP contribution in [0.1, 0.15) is 40.5 Å². The van der Waals surface area contributed by atoms with Crippen LogP contribution < -0.4 is 5.32 Å². The molecular weight excluding hydrogens is 252 g/mol. The lowest BCUT2D eigenvalue weighted by Crippen LogP contribution is -2.44. The second kappa shape index (κ2) is 10.6. The standard InChI is InChI=1S/C16H36N2O2/c1-7-8-16(4,12-17-9-14(2)3)13-18(5)10-15(19)11-20-6/h14-15,17,19H,7-13H2,1-6H3. The predicted molar refractivity (Wildman–Crippen MR) is 86.1 cm³/mol. The van der Waals surface area contributed by atoms with Gasteiger partial charge in [0.25, 0.3) is 0 Å². The average Bonchev–Trinajstić information content (AvgIpc) is 2.27. The molecule has 0 aromatic rings. The van der Waals surface area contributed by atoms with Crippen molar-refractivity contribution in [1.82, 2.24) is 10.2 Å². The summed E-state index contributed by atoms with van der Waals surface area (Å²) in [6, 6.07) is 0. The van der Waals surface area contributed by atoms with Crippen LogP contribution in [0.4, 0.5) is 0 Å². The Morgan fingerprint density at radius 2 is 2.00 bits per heavy atom. The van der Waals surface area contributed by atoms with Gasteiger partial charge in [-0.25, -0.2) is 0 Å². The van der Waals surface area contributed by atoms with E-state index in [0.29, 0.717) is 19.1 Å². The third-order valence-electron chi connectivity index (χ3n) is 3.49. The Labute approximate surface area is 125 Å². The lowest BCUT2D eigenvalue weighted by Gasteiger charge is -2.35. The molecule has 20 heavy (non-hydrogen) atoms. The minimum absolute atomic E-state index is 0.255. The van der Waals surface area contributed by atoms with Crippen molar-refractivity contribution >= 4 is 0 Å². The first-order valence-electron chi connectivity index (χ1n) is 7.89. The summed E-state index contributed by atoms with van der Waals surface area (Å²) < 4.78 is 4.98. The molecule has 122 valence electrons. The van der Waals surface area contributed by atoms with E-state index in [0.717, 1.165) is 19.6 Å². The molecule has 0 saturated carbocycles. The van der Waals surface area contributed by atoms with Crippen LogP contribution in [-0.4, -0.2) is 63.1 Å². The number of hydrogen-bond acceptors (Lipinski definition) is 4. The normalized spacial score (nSPS) is 16.6. The van der Waals surface area contributed by atoms with Gasteiger partial charge >= 0.3 is 0 Å². The van der Waals surface area contributed by atoms with Crippen LogP contribution in [-0.2, 0) is 4.74 Å². The molecule has 0 saturated heterocycles. The van der Waals surface area contributed by atoms with Crippen molar-refractivity contribution in [2.75, 3.05) is 46.9 Å². The van der Waals surface area contributed by atoms with E-state index in [-0.39, 0.29) is 5.41 Å². The Morgan fingerprint density at radius 1 is 1.35 bits per heavy atom. The van der Waals surface area contributed by atoms with Gasteiger partial charge in [0, 0.05) is 26.7 Å². The number of methoxy groups -OCH3 is 1. The zero-order valence-corrected chi connectivity index (χ0v) is 14.4. The van der Waals surface area contributed by atoms with E-state index in [1.165, 1.54) is 12.8 Å². The topological polar surface area (TPSA) is 44.7 Å². The number of nitrogens with zero attached hydrogens (tertiary/aromatic N) is 1. The van der Waals surface area contributed by atoms with E-state index < -0.39 is 6.10 Å². The van der Waals surface area contributed by atoms with Crippen molar-refractivity contribution in [3.63, 3.8) is 0 Å². The summed E-state index contributed by atoms with van der Waals surface area (Å²) in [6.07, 6.45) is 1.98. The number of rotatable bonds is 12. The Balaban J connectivity index is 4.27. The molecule has 2 N–H and O–H groups in total. The molecule has 4 heteroatoms. The fourth-order valence-corrected chi connectivity index (χ4v) is 2.81. The van der Waals surface area contributed by atoms with Gasteiger partial charge in [-0.15, -0.1) is 0 Å². The van der Waals surface area contributed by atoms with Gasteiger partial charge in [-0.05, 0) is 31.3 Å². The molecule has 0 fully saturated rings. The first kappa shape index (κ1) is 19.8. The van der Waals surface area contributed by atoms with Crippen molar-refractivity contribution in [2.24, 2.45) is 11.3 Å². The summed E-state index contributed by atoms with van der Waals surface area (Å²) in [5.74, 6) is 0.683. The molecule has 0 aliphatic heterocycles. The van der Waals surface area contributed by atoms with Crippen LogP contribution in [0.25, 0.3) is 0 Å². The molecule has 4 nitrogen and oxygen atoms in total. The molecule has 0 amide bonds. The van der Waals surface area contributed by atoms with Crippen molar-refractivity contribution in [3.8, 4) is 0 Å². The SMILES string of the molecule is CCCC(C)(CNCC(C)C)CN(C)CC(O)COC. The second-order valence-electron chi connectivity index (χ2n) is 6.89. The molecule has 0 aliphatic rings. The first-order chi connectivity index (χ1) is 9.33. The van der Waals surface area contributed by atoms with Gasteiger partial charge in [0.1, 0.15) is 0 Å². The minimum Gasteiger partial charge on any atom is -0.389 e. The van der Waals surface area contributed by atoms with Gasteiger partial charge in [-0.3, -0.25) is 0 Å². The Hall–Kier alpha value is -0.160. The van der Waals surface area contributed by atoms with Gasteiger partial charge in [0.05, 0.1) is 12.7 Å². The lowest BCUT2D eigenvalue weighted by atomic mass is 9.84. The fraction of sp³-hybridized carbons (Fsp3) is 1.00. The Kier molecular flexibility index (Phi) is 10.5. The summed E-state index contributed by atoms with van der Waals surface area (Å²) in [7, 11) is 3.70. The molecule has 0 aromatic carbocycles. The highest BCUT2D eigenvalue weighted by Crippen LogP contribution is 2.23. The molecule has 0 heterocycles. The maximum atomic E-state index is 9.81.